The first-order chi connectivity index (χ1) is 12.0. The van der Waals surface area contributed by atoms with Crippen LogP contribution in [0, 0.1) is 5.92 Å². The zero-order valence-corrected chi connectivity index (χ0v) is 16.5. The molecule has 0 atom stereocenters. The molecule has 0 amide bonds. The normalized spacial score (nSPS) is 11.6. The van der Waals surface area contributed by atoms with E-state index in [1.807, 2.05) is 19.2 Å². The van der Waals surface area contributed by atoms with Crippen molar-refractivity contribution in [1.29, 1.82) is 0 Å². The highest BCUT2D eigenvalue weighted by Crippen LogP contribution is 2.27. The van der Waals surface area contributed by atoms with E-state index in [1.165, 1.54) is 5.56 Å². The molecule has 1 aromatic carbocycles. The average Bonchev–Trinajstić information content (AvgIpc) is 2.62. The van der Waals surface area contributed by atoms with Crippen LogP contribution in [0.1, 0.15) is 19.4 Å². The van der Waals surface area contributed by atoms with Crippen molar-refractivity contribution in [2.75, 3.05) is 54.6 Å². The topological polar surface area (TPSA) is 55.3 Å². The summed E-state index contributed by atoms with van der Waals surface area (Å²) in [6.07, 6.45) is 0.890. The Bertz CT molecular complexity index is 533. The van der Waals surface area contributed by atoms with Crippen LogP contribution in [0.4, 0.5) is 0 Å². The van der Waals surface area contributed by atoms with Gasteiger partial charge in [0.15, 0.2) is 17.5 Å². The van der Waals surface area contributed by atoms with Crippen LogP contribution < -0.4 is 14.8 Å². The van der Waals surface area contributed by atoms with E-state index in [2.05, 4.69) is 35.1 Å². The summed E-state index contributed by atoms with van der Waals surface area (Å²) in [6, 6.07) is 6.01. The molecule has 0 aliphatic rings. The molecular weight excluding hydrogens is 318 g/mol. The molecule has 6 nitrogen and oxygen atoms in total. The molecule has 25 heavy (non-hydrogen) atoms. The standard InChI is InChI=1S/C19H33N3O3/c1-15(2)14-25-12-10-21-19(20-3)22(4)11-9-16-7-8-17(23-5)18(13-16)24-6/h7-8,13,15H,9-12,14H2,1-6H3,(H,20,21). The zero-order chi connectivity index (χ0) is 18.7. The molecule has 0 bridgehead atoms. The fraction of sp³-hybridized carbons (Fsp3) is 0.632. The van der Waals surface area contributed by atoms with E-state index in [9.17, 15) is 0 Å². The van der Waals surface area contributed by atoms with Gasteiger partial charge in [-0.1, -0.05) is 19.9 Å². The quantitative estimate of drug-likeness (QED) is 0.399. The van der Waals surface area contributed by atoms with Gasteiger partial charge < -0.3 is 24.4 Å². The van der Waals surface area contributed by atoms with Gasteiger partial charge in [-0.25, -0.2) is 0 Å². The lowest BCUT2D eigenvalue weighted by Gasteiger charge is -2.22. The van der Waals surface area contributed by atoms with Gasteiger partial charge in [0.1, 0.15) is 0 Å². The third-order valence-electron chi connectivity index (χ3n) is 3.74. The van der Waals surface area contributed by atoms with E-state index in [1.54, 1.807) is 21.3 Å². The molecule has 0 aliphatic heterocycles. The summed E-state index contributed by atoms with van der Waals surface area (Å²) in [6.45, 7) is 7.36. The lowest BCUT2D eigenvalue weighted by molar-refractivity contribution is 0.114. The lowest BCUT2D eigenvalue weighted by Crippen LogP contribution is -2.41. The Balaban J connectivity index is 2.44. The van der Waals surface area contributed by atoms with E-state index in [0.717, 1.165) is 43.6 Å². The van der Waals surface area contributed by atoms with Crippen molar-refractivity contribution in [2.45, 2.75) is 20.3 Å². The van der Waals surface area contributed by atoms with Gasteiger partial charge in [0.2, 0.25) is 0 Å². The molecule has 142 valence electrons. The predicted octanol–water partition coefficient (Wildman–Crippen LogP) is 2.43. The van der Waals surface area contributed by atoms with Gasteiger partial charge in [-0.2, -0.15) is 0 Å². The Morgan fingerprint density at radius 1 is 1.20 bits per heavy atom. The second kappa shape index (κ2) is 11.6. The highest BCUT2D eigenvalue weighted by Gasteiger charge is 2.08. The van der Waals surface area contributed by atoms with Crippen LogP contribution in [0.2, 0.25) is 0 Å². The molecule has 0 saturated carbocycles. The smallest absolute Gasteiger partial charge is 0.193 e. The van der Waals surface area contributed by atoms with Gasteiger partial charge in [0, 0.05) is 33.8 Å². The number of ether oxygens (including phenoxy) is 3. The summed E-state index contributed by atoms with van der Waals surface area (Å²) in [7, 11) is 7.13. The van der Waals surface area contributed by atoms with Crippen LogP contribution >= 0.6 is 0 Å². The second-order valence-electron chi connectivity index (χ2n) is 6.30. The van der Waals surface area contributed by atoms with Crippen LogP contribution in [-0.2, 0) is 11.2 Å². The maximum atomic E-state index is 5.58. The molecule has 1 rings (SSSR count). The van der Waals surface area contributed by atoms with Crippen molar-refractivity contribution < 1.29 is 14.2 Å². The first-order valence-electron chi connectivity index (χ1n) is 8.72. The summed E-state index contributed by atoms with van der Waals surface area (Å²) < 4.78 is 16.2. The van der Waals surface area contributed by atoms with Gasteiger partial charge in [-0.05, 0) is 30.0 Å². The summed E-state index contributed by atoms with van der Waals surface area (Å²) in [5, 5.41) is 3.33. The minimum atomic E-state index is 0.559. The van der Waals surface area contributed by atoms with Gasteiger partial charge >= 0.3 is 0 Å². The highest BCUT2D eigenvalue weighted by atomic mass is 16.5. The SMILES string of the molecule is CN=C(NCCOCC(C)C)N(C)CCc1ccc(OC)c(OC)c1. The van der Waals surface area contributed by atoms with Crippen LogP contribution in [0.3, 0.4) is 0 Å². The molecule has 6 heteroatoms. The summed E-state index contributed by atoms with van der Waals surface area (Å²) in [5.74, 6) is 2.93. The maximum absolute atomic E-state index is 5.58. The van der Waals surface area contributed by atoms with E-state index in [0.29, 0.717) is 12.5 Å². The number of hydrogen-bond acceptors (Lipinski definition) is 4. The van der Waals surface area contributed by atoms with Crippen molar-refractivity contribution in [3.63, 3.8) is 0 Å². The van der Waals surface area contributed by atoms with E-state index < -0.39 is 0 Å². The van der Waals surface area contributed by atoms with E-state index in [4.69, 9.17) is 14.2 Å². The fourth-order valence-corrected chi connectivity index (χ4v) is 2.38. The number of aliphatic imine (C=N–C) groups is 1. The van der Waals surface area contributed by atoms with Crippen LogP contribution in [0.5, 0.6) is 11.5 Å². The molecule has 1 N–H and O–H groups in total. The molecule has 0 fully saturated rings. The van der Waals surface area contributed by atoms with Crippen LogP contribution in [-0.4, -0.2) is 65.5 Å². The van der Waals surface area contributed by atoms with Crippen molar-refractivity contribution in [3.05, 3.63) is 23.8 Å². The van der Waals surface area contributed by atoms with Gasteiger partial charge in [-0.15, -0.1) is 0 Å². The first-order valence-corrected chi connectivity index (χ1v) is 8.72. The summed E-state index contributed by atoms with van der Waals surface area (Å²) >= 11 is 0. The van der Waals surface area contributed by atoms with Crippen molar-refractivity contribution in [3.8, 4) is 11.5 Å². The Hall–Kier alpha value is -1.95. The third kappa shape index (κ3) is 7.65. The van der Waals surface area contributed by atoms with Crippen molar-refractivity contribution in [2.24, 2.45) is 10.9 Å². The molecule has 0 unspecified atom stereocenters. The largest absolute Gasteiger partial charge is 0.493 e. The predicted molar refractivity (Wildman–Crippen MR) is 103 cm³/mol. The molecule has 1 aromatic rings. The highest BCUT2D eigenvalue weighted by molar-refractivity contribution is 5.79. The minimum Gasteiger partial charge on any atom is -0.493 e. The summed E-state index contributed by atoms with van der Waals surface area (Å²) in [4.78, 5) is 6.44. The molecule has 0 spiro atoms. The van der Waals surface area contributed by atoms with Crippen molar-refractivity contribution in [1.82, 2.24) is 10.2 Å². The Kier molecular flexibility index (Phi) is 9.77. The second-order valence-corrected chi connectivity index (χ2v) is 6.30. The van der Waals surface area contributed by atoms with Crippen LogP contribution in [0.25, 0.3) is 0 Å². The number of methoxy groups -OCH3 is 2. The third-order valence-corrected chi connectivity index (χ3v) is 3.74. The number of likely N-dealkylation sites (N-methyl/N-ethyl adjacent to an activating group) is 1. The van der Waals surface area contributed by atoms with Crippen LogP contribution in [0.15, 0.2) is 23.2 Å². The first kappa shape index (κ1) is 21.1. The number of rotatable bonds is 10. The molecule has 0 aliphatic carbocycles. The lowest BCUT2D eigenvalue weighted by atomic mass is 10.1. The average molecular weight is 351 g/mol. The Morgan fingerprint density at radius 3 is 2.52 bits per heavy atom. The molecule has 0 saturated heterocycles. The fourth-order valence-electron chi connectivity index (χ4n) is 2.38. The monoisotopic (exact) mass is 351 g/mol. The Labute approximate surface area is 152 Å². The Morgan fingerprint density at radius 2 is 1.92 bits per heavy atom. The molecular formula is C19H33N3O3. The number of guanidine groups is 1. The molecule has 0 aromatic heterocycles. The van der Waals surface area contributed by atoms with E-state index >= 15 is 0 Å². The van der Waals surface area contributed by atoms with Gasteiger partial charge in [-0.3, -0.25) is 4.99 Å². The number of nitrogens with zero attached hydrogens (tertiary/aromatic N) is 2. The minimum absolute atomic E-state index is 0.559. The van der Waals surface area contributed by atoms with Gasteiger partial charge in [0.25, 0.3) is 0 Å². The zero-order valence-electron chi connectivity index (χ0n) is 16.5. The van der Waals surface area contributed by atoms with Crippen molar-refractivity contribution >= 4 is 5.96 Å². The molecule has 0 radical (unpaired) electrons. The maximum Gasteiger partial charge on any atom is 0.193 e. The van der Waals surface area contributed by atoms with Gasteiger partial charge in [0.05, 0.1) is 20.8 Å². The van der Waals surface area contributed by atoms with E-state index in [-0.39, 0.29) is 0 Å². The summed E-state index contributed by atoms with van der Waals surface area (Å²) in [5.41, 5.74) is 1.19. The number of nitrogens with one attached hydrogen (secondary N) is 1. The molecule has 0 heterocycles. The number of benzene rings is 1. The number of hydrogen-bond donors (Lipinski definition) is 1.